The van der Waals surface area contributed by atoms with Crippen molar-refractivity contribution in [1.29, 1.82) is 0 Å². The van der Waals surface area contributed by atoms with Gasteiger partial charge in [-0.15, -0.1) is 0 Å². The van der Waals surface area contributed by atoms with Crippen molar-refractivity contribution in [3.05, 3.63) is 53.1 Å². The van der Waals surface area contributed by atoms with Gasteiger partial charge in [-0.1, -0.05) is 31.5 Å². The lowest BCUT2D eigenvalue weighted by Gasteiger charge is -2.29. The monoisotopic (exact) mass is 417 g/mol. The summed E-state index contributed by atoms with van der Waals surface area (Å²) in [4.78, 5) is 19.6. The summed E-state index contributed by atoms with van der Waals surface area (Å²) in [5, 5.41) is 7.07. The number of halogens is 2. The van der Waals surface area contributed by atoms with Gasteiger partial charge in [0.2, 0.25) is 0 Å². The number of carbonyl (C=O) groups excluding carboxylic acids is 1. The SMILES string of the molecule is CC.CO.O=C1c2c(-c3ccc(Cl)c(F)c3)c3ncccc3n2CCN1C1CC1. The largest absolute Gasteiger partial charge is 0.400 e. The maximum Gasteiger partial charge on any atom is 0.271 e. The third-order valence-electron chi connectivity index (χ3n) is 5.04. The van der Waals surface area contributed by atoms with Gasteiger partial charge in [0.25, 0.3) is 5.91 Å². The van der Waals surface area contributed by atoms with E-state index in [0.29, 0.717) is 29.4 Å². The number of aromatic nitrogens is 2. The molecule has 1 aliphatic carbocycles. The normalized spacial score (nSPS) is 15.2. The van der Waals surface area contributed by atoms with Gasteiger partial charge in [-0.2, -0.15) is 0 Å². The highest BCUT2D eigenvalue weighted by molar-refractivity contribution is 6.30. The Bertz CT molecular complexity index is 1030. The lowest BCUT2D eigenvalue weighted by molar-refractivity contribution is 0.0694. The van der Waals surface area contributed by atoms with Crippen molar-refractivity contribution in [2.75, 3.05) is 13.7 Å². The number of benzene rings is 1. The number of aliphatic hydroxyl groups excluding tert-OH is 1. The number of fused-ring (bicyclic) bond motifs is 3. The van der Waals surface area contributed by atoms with Gasteiger partial charge in [-0.25, -0.2) is 4.39 Å². The molecule has 3 heterocycles. The van der Waals surface area contributed by atoms with Crippen molar-refractivity contribution < 1.29 is 14.3 Å². The van der Waals surface area contributed by atoms with Gasteiger partial charge in [0.05, 0.1) is 16.1 Å². The first-order valence-electron chi connectivity index (χ1n) is 9.83. The molecule has 1 fully saturated rings. The Morgan fingerprint density at radius 1 is 1.17 bits per heavy atom. The Morgan fingerprint density at radius 2 is 1.90 bits per heavy atom. The second kappa shape index (κ2) is 8.93. The molecule has 5 rings (SSSR count). The van der Waals surface area contributed by atoms with Crippen LogP contribution in [0.4, 0.5) is 4.39 Å². The van der Waals surface area contributed by atoms with Gasteiger partial charge >= 0.3 is 0 Å². The zero-order chi connectivity index (χ0) is 21.1. The number of nitrogens with zero attached hydrogens (tertiary/aromatic N) is 3. The van der Waals surface area contributed by atoms with E-state index in [-0.39, 0.29) is 10.9 Å². The molecule has 2 aliphatic rings. The van der Waals surface area contributed by atoms with Crippen LogP contribution in [0.1, 0.15) is 37.2 Å². The molecule has 7 heteroatoms. The Kier molecular flexibility index (Phi) is 6.55. The van der Waals surface area contributed by atoms with Crippen LogP contribution in [0.5, 0.6) is 0 Å². The van der Waals surface area contributed by atoms with Crippen LogP contribution in [0, 0.1) is 5.82 Å². The van der Waals surface area contributed by atoms with E-state index in [4.69, 9.17) is 16.7 Å². The Labute approximate surface area is 174 Å². The minimum atomic E-state index is -0.495. The highest BCUT2D eigenvalue weighted by atomic mass is 35.5. The lowest BCUT2D eigenvalue weighted by Crippen LogP contribution is -2.41. The summed E-state index contributed by atoms with van der Waals surface area (Å²) in [5.74, 6) is -0.484. The van der Waals surface area contributed by atoms with E-state index in [0.717, 1.165) is 37.5 Å². The molecule has 0 unspecified atom stereocenters. The summed E-state index contributed by atoms with van der Waals surface area (Å²) in [7, 11) is 1.00. The van der Waals surface area contributed by atoms with Crippen molar-refractivity contribution in [3.8, 4) is 11.1 Å². The van der Waals surface area contributed by atoms with Crippen molar-refractivity contribution in [1.82, 2.24) is 14.5 Å². The molecule has 0 radical (unpaired) electrons. The Balaban J connectivity index is 0.000000568. The fraction of sp³-hybridized carbons (Fsp3) is 0.364. The zero-order valence-corrected chi connectivity index (χ0v) is 17.6. The number of hydrogen-bond acceptors (Lipinski definition) is 3. The van der Waals surface area contributed by atoms with E-state index in [1.54, 1.807) is 12.3 Å². The molecule has 3 aromatic rings. The smallest absolute Gasteiger partial charge is 0.271 e. The molecule has 0 spiro atoms. The van der Waals surface area contributed by atoms with E-state index >= 15 is 0 Å². The summed E-state index contributed by atoms with van der Waals surface area (Å²) < 4.78 is 16.1. The van der Waals surface area contributed by atoms with E-state index in [1.807, 2.05) is 35.4 Å². The fourth-order valence-corrected chi connectivity index (χ4v) is 3.85. The maximum absolute atomic E-state index is 14.1. The molecule has 5 nitrogen and oxygen atoms in total. The molecule has 29 heavy (non-hydrogen) atoms. The van der Waals surface area contributed by atoms with E-state index < -0.39 is 5.82 Å². The molecule has 1 aliphatic heterocycles. The molecule has 0 saturated heterocycles. The van der Waals surface area contributed by atoms with Crippen LogP contribution in [0.3, 0.4) is 0 Å². The number of aliphatic hydroxyl groups is 1. The summed E-state index contributed by atoms with van der Waals surface area (Å²) in [6.07, 6.45) is 3.83. The highest BCUT2D eigenvalue weighted by Crippen LogP contribution is 2.39. The number of rotatable bonds is 2. The predicted molar refractivity (Wildman–Crippen MR) is 114 cm³/mol. The number of carbonyl (C=O) groups is 1. The maximum atomic E-state index is 14.1. The van der Waals surface area contributed by atoms with E-state index in [9.17, 15) is 9.18 Å². The third-order valence-corrected chi connectivity index (χ3v) is 5.35. The first-order chi connectivity index (χ1) is 14.1. The summed E-state index contributed by atoms with van der Waals surface area (Å²) in [5.41, 5.74) is 3.57. The van der Waals surface area contributed by atoms with E-state index in [2.05, 4.69) is 4.98 Å². The van der Waals surface area contributed by atoms with Crippen LogP contribution >= 0.6 is 11.6 Å². The quantitative estimate of drug-likeness (QED) is 0.654. The summed E-state index contributed by atoms with van der Waals surface area (Å²) >= 11 is 5.83. The average molecular weight is 418 g/mol. The second-order valence-corrected chi connectivity index (χ2v) is 7.01. The van der Waals surface area contributed by atoms with Gasteiger partial charge in [-0.3, -0.25) is 9.78 Å². The molecule has 0 atom stereocenters. The van der Waals surface area contributed by atoms with Crippen molar-refractivity contribution in [2.45, 2.75) is 39.3 Å². The molecular formula is C22H25ClFN3O2. The number of hydrogen-bond donors (Lipinski definition) is 1. The Hall–Kier alpha value is -2.44. The number of amides is 1. The van der Waals surface area contributed by atoms with Crippen LogP contribution in [0.2, 0.25) is 5.02 Å². The summed E-state index contributed by atoms with van der Waals surface area (Å²) in [6, 6.07) is 8.83. The summed E-state index contributed by atoms with van der Waals surface area (Å²) in [6.45, 7) is 5.44. The van der Waals surface area contributed by atoms with Crippen LogP contribution in [0.25, 0.3) is 22.2 Å². The van der Waals surface area contributed by atoms with Crippen molar-refractivity contribution in [3.63, 3.8) is 0 Å². The van der Waals surface area contributed by atoms with Gasteiger partial charge < -0.3 is 14.6 Å². The third kappa shape index (κ3) is 3.74. The van der Waals surface area contributed by atoms with Crippen LogP contribution < -0.4 is 0 Å². The predicted octanol–water partition coefficient (Wildman–Crippen LogP) is 4.75. The van der Waals surface area contributed by atoms with Crippen molar-refractivity contribution >= 4 is 28.5 Å². The van der Waals surface area contributed by atoms with Crippen LogP contribution in [-0.4, -0.2) is 45.2 Å². The first-order valence-corrected chi connectivity index (χ1v) is 10.2. The Morgan fingerprint density at radius 3 is 2.55 bits per heavy atom. The molecule has 1 N–H and O–H groups in total. The van der Waals surface area contributed by atoms with Gasteiger partial charge in [-0.05, 0) is 42.7 Å². The minimum Gasteiger partial charge on any atom is -0.400 e. The topological polar surface area (TPSA) is 58.4 Å². The molecular weight excluding hydrogens is 393 g/mol. The highest BCUT2D eigenvalue weighted by Gasteiger charge is 2.39. The first kappa shape index (κ1) is 21.3. The molecule has 2 aromatic heterocycles. The number of pyridine rings is 1. The van der Waals surface area contributed by atoms with Gasteiger partial charge in [0.15, 0.2) is 0 Å². The van der Waals surface area contributed by atoms with E-state index in [1.165, 1.54) is 12.1 Å². The molecule has 1 aromatic carbocycles. The zero-order valence-electron chi connectivity index (χ0n) is 16.8. The molecule has 0 bridgehead atoms. The minimum absolute atomic E-state index is 0.0112. The fourth-order valence-electron chi connectivity index (χ4n) is 3.73. The van der Waals surface area contributed by atoms with Crippen molar-refractivity contribution in [2.24, 2.45) is 0 Å². The lowest BCUT2D eigenvalue weighted by atomic mass is 10.0. The standard InChI is InChI=1S/C19H15ClFN3O.C2H6.CH4O/c20-13-6-3-11(10-14(13)21)16-17-15(2-1-7-22-17)24-9-8-23(12-4-5-12)19(25)18(16)24;2*1-2/h1-3,6-7,10,12H,4-5,8-9H2;1-2H3;2H,1H3. The molecule has 1 saturated carbocycles. The van der Waals surface area contributed by atoms with Crippen LogP contribution in [-0.2, 0) is 6.54 Å². The van der Waals surface area contributed by atoms with Gasteiger partial charge in [0.1, 0.15) is 11.5 Å². The average Bonchev–Trinajstić information content (AvgIpc) is 3.55. The van der Waals surface area contributed by atoms with Crippen LogP contribution in [0.15, 0.2) is 36.5 Å². The van der Waals surface area contributed by atoms with Gasteiger partial charge in [0, 0.05) is 38.0 Å². The molecule has 1 amide bonds. The molecule has 154 valence electrons. The second-order valence-electron chi connectivity index (χ2n) is 6.60.